The zero-order valence-corrected chi connectivity index (χ0v) is 18.8. The van der Waals surface area contributed by atoms with Crippen molar-refractivity contribution in [2.24, 2.45) is 4.99 Å². The summed E-state index contributed by atoms with van der Waals surface area (Å²) >= 11 is 5.97. The molecule has 2 aromatic carbocycles. The van der Waals surface area contributed by atoms with Gasteiger partial charge in [-0.25, -0.2) is 18.1 Å². The molecular formula is C23H19ClF2N4O5. The maximum atomic E-state index is 14.0. The van der Waals surface area contributed by atoms with Crippen molar-refractivity contribution in [2.75, 3.05) is 6.61 Å². The van der Waals surface area contributed by atoms with E-state index in [0.717, 1.165) is 19.1 Å². The summed E-state index contributed by atoms with van der Waals surface area (Å²) in [6.07, 6.45) is 0.753. The van der Waals surface area contributed by atoms with Crippen molar-refractivity contribution in [3.8, 4) is 5.88 Å². The zero-order valence-electron chi connectivity index (χ0n) is 18.1. The number of H-pyrrole nitrogens is 1. The van der Waals surface area contributed by atoms with Gasteiger partial charge in [-0.2, -0.15) is 0 Å². The number of hydrogen-bond donors (Lipinski definition) is 5. The van der Waals surface area contributed by atoms with Gasteiger partial charge in [-0.05, 0) is 35.9 Å². The number of aromatic amines is 1. The number of aliphatic hydroxyl groups is 2. The van der Waals surface area contributed by atoms with Gasteiger partial charge in [-0.15, -0.1) is 0 Å². The number of nitrogens with one attached hydrogen (secondary N) is 2. The van der Waals surface area contributed by atoms with Crippen molar-refractivity contribution in [3.05, 3.63) is 80.4 Å². The minimum Gasteiger partial charge on any atom is -0.493 e. The summed E-state index contributed by atoms with van der Waals surface area (Å²) in [5.74, 6) is -4.01. The van der Waals surface area contributed by atoms with Gasteiger partial charge >= 0.3 is 5.69 Å². The van der Waals surface area contributed by atoms with Crippen LogP contribution in [-0.2, 0) is 10.3 Å². The van der Waals surface area contributed by atoms with E-state index in [-0.39, 0.29) is 11.3 Å². The molecule has 2 unspecified atom stereocenters. The number of benzene rings is 2. The molecule has 2 heterocycles. The van der Waals surface area contributed by atoms with Crippen molar-refractivity contribution >= 4 is 41.1 Å². The SMILES string of the molecule is CC(=O)NC(CO)(c1ccc(F)c(F)c1)C(O)n1c(O)c(/C=C2\C=Nc3cc(Cl)ccc32)[nH]c1=O. The summed E-state index contributed by atoms with van der Waals surface area (Å²) in [6.45, 7) is 0.0306. The number of aromatic hydroxyl groups is 1. The second kappa shape index (κ2) is 9.10. The van der Waals surface area contributed by atoms with Gasteiger partial charge in [-0.1, -0.05) is 23.7 Å². The third-order valence-electron chi connectivity index (χ3n) is 5.61. The standard InChI is InChI=1S/C23H19ClF2N4O5/c1-11(32)29-23(10-31,13-2-5-16(25)17(26)7-13)21(34)30-20(33)19(28-22(30)35)6-12-9-27-18-8-14(24)3-4-15(12)18/h2-9,21,31,33-34H,10H2,1H3,(H,28,35)(H,29,32)/b12-6+. The highest BCUT2D eigenvalue weighted by molar-refractivity contribution is 6.31. The van der Waals surface area contributed by atoms with Crippen molar-refractivity contribution in [3.63, 3.8) is 0 Å². The van der Waals surface area contributed by atoms with E-state index >= 15 is 0 Å². The van der Waals surface area contributed by atoms with Gasteiger partial charge in [0.25, 0.3) is 0 Å². The number of rotatable bonds is 6. The zero-order chi connectivity index (χ0) is 25.5. The number of carbonyl (C=O) groups excluding carboxylic acids is 1. The number of allylic oxidation sites excluding steroid dienone is 1. The van der Waals surface area contributed by atoms with E-state index in [2.05, 4.69) is 15.3 Å². The molecule has 0 fully saturated rings. The van der Waals surface area contributed by atoms with Crippen LogP contribution in [0.2, 0.25) is 5.02 Å². The van der Waals surface area contributed by atoms with Crippen molar-refractivity contribution < 1.29 is 28.9 Å². The highest BCUT2D eigenvalue weighted by Gasteiger charge is 2.44. The summed E-state index contributed by atoms with van der Waals surface area (Å²) in [5.41, 5.74) is -1.81. The number of fused-ring (bicyclic) bond motifs is 1. The van der Waals surface area contributed by atoms with Gasteiger partial charge in [0.2, 0.25) is 11.8 Å². The molecular weight excluding hydrogens is 486 g/mol. The van der Waals surface area contributed by atoms with Crippen LogP contribution in [0.4, 0.5) is 14.5 Å². The molecule has 0 spiro atoms. The lowest BCUT2D eigenvalue weighted by Crippen LogP contribution is -2.55. The van der Waals surface area contributed by atoms with Crippen LogP contribution in [0, 0.1) is 11.6 Å². The number of carbonyl (C=O) groups is 1. The molecule has 1 aromatic heterocycles. The summed E-state index contributed by atoms with van der Waals surface area (Å²) in [5, 5.41) is 34.9. The van der Waals surface area contributed by atoms with Gasteiger partial charge in [0.15, 0.2) is 17.9 Å². The van der Waals surface area contributed by atoms with Crippen LogP contribution in [-0.4, -0.2) is 43.6 Å². The minimum atomic E-state index is -2.22. The van der Waals surface area contributed by atoms with Crippen molar-refractivity contribution in [1.29, 1.82) is 0 Å². The average molecular weight is 505 g/mol. The fraction of sp³-hybridized carbons (Fsp3) is 0.174. The molecule has 5 N–H and O–H groups in total. The monoisotopic (exact) mass is 504 g/mol. The molecule has 1 aliphatic heterocycles. The second-order valence-electron chi connectivity index (χ2n) is 7.87. The summed E-state index contributed by atoms with van der Waals surface area (Å²) < 4.78 is 28.0. The molecule has 35 heavy (non-hydrogen) atoms. The Morgan fingerprint density at radius 1 is 1.29 bits per heavy atom. The number of hydrogen-bond acceptors (Lipinski definition) is 6. The van der Waals surface area contributed by atoms with Crippen LogP contribution >= 0.6 is 11.6 Å². The molecule has 4 rings (SSSR count). The van der Waals surface area contributed by atoms with Crippen LogP contribution in [0.25, 0.3) is 11.6 Å². The molecule has 182 valence electrons. The van der Waals surface area contributed by atoms with E-state index in [1.165, 1.54) is 12.3 Å². The van der Waals surface area contributed by atoms with Gasteiger partial charge in [-0.3, -0.25) is 9.79 Å². The molecule has 3 aromatic rings. The Morgan fingerprint density at radius 2 is 2.03 bits per heavy atom. The Labute approximate surface area is 201 Å². The quantitative estimate of drug-likeness (QED) is 0.351. The fourth-order valence-electron chi connectivity index (χ4n) is 3.93. The molecule has 0 saturated carbocycles. The number of halogens is 3. The molecule has 0 aliphatic carbocycles. The predicted molar refractivity (Wildman–Crippen MR) is 124 cm³/mol. The van der Waals surface area contributed by atoms with Gasteiger partial charge in [0.05, 0.1) is 12.3 Å². The number of amides is 1. The fourth-order valence-corrected chi connectivity index (χ4v) is 4.09. The van der Waals surface area contributed by atoms with E-state index in [0.29, 0.717) is 32.5 Å². The van der Waals surface area contributed by atoms with Crippen molar-refractivity contribution in [2.45, 2.75) is 18.7 Å². The van der Waals surface area contributed by atoms with E-state index in [1.54, 1.807) is 18.2 Å². The van der Waals surface area contributed by atoms with E-state index in [4.69, 9.17) is 11.6 Å². The molecule has 1 amide bonds. The Balaban J connectivity index is 1.82. The molecule has 12 heteroatoms. The number of aliphatic imine (C=N–C) groups is 1. The van der Waals surface area contributed by atoms with Crippen LogP contribution < -0.4 is 11.0 Å². The average Bonchev–Trinajstić information content (AvgIpc) is 3.32. The molecule has 0 radical (unpaired) electrons. The third kappa shape index (κ3) is 4.25. The molecule has 9 nitrogen and oxygen atoms in total. The maximum Gasteiger partial charge on any atom is 0.331 e. The smallest absolute Gasteiger partial charge is 0.331 e. The Morgan fingerprint density at radius 3 is 2.69 bits per heavy atom. The lowest BCUT2D eigenvalue weighted by Gasteiger charge is -2.37. The van der Waals surface area contributed by atoms with Gasteiger partial charge in [0.1, 0.15) is 11.2 Å². The first-order chi connectivity index (χ1) is 16.6. The Bertz CT molecular complexity index is 1450. The number of imidazole rings is 1. The Kier molecular flexibility index (Phi) is 6.32. The molecule has 2 atom stereocenters. The van der Waals surface area contributed by atoms with E-state index in [9.17, 15) is 33.7 Å². The number of nitrogens with zero attached hydrogens (tertiary/aromatic N) is 2. The molecule has 0 bridgehead atoms. The van der Waals surface area contributed by atoms with Gasteiger partial charge in [0, 0.05) is 29.3 Å². The third-order valence-corrected chi connectivity index (χ3v) is 5.85. The highest BCUT2D eigenvalue weighted by atomic mass is 35.5. The van der Waals surface area contributed by atoms with Crippen LogP contribution in [0.5, 0.6) is 5.88 Å². The summed E-state index contributed by atoms with van der Waals surface area (Å²) in [4.78, 5) is 31.3. The van der Waals surface area contributed by atoms with E-state index in [1.807, 2.05) is 0 Å². The Hall–Kier alpha value is -3.80. The minimum absolute atomic E-state index is 0.113. The summed E-state index contributed by atoms with van der Waals surface area (Å²) in [6, 6.07) is 7.42. The topological polar surface area (TPSA) is 140 Å². The first-order valence-electron chi connectivity index (χ1n) is 10.2. The second-order valence-corrected chi connectivity index (χ2v) is 8.31. The normalized spacial score (nSPS) is 16.2. The van der Waals surface area contributed by atoms with Crippen molar-refractivity contribution in [1.82, 2.24) is 14.9 Å². The van der Waals surface area contributed by atoms with Crippen LogP contribution in [0.3, 0.4) is 0 Å². The predicted octanol–water partition coefficient (Wildman–Crippen LogP) is 2.58. The molecule has 1 aliphatic rings. The number of aromatic nitrogens is 2. The molecule has 0 saturated heterocycles. The lowest BCUT2D eigenvalue weighted by molar-refractivity contribution is -0.126. The largest absolute Gasteiger partial charge is 0.493 e. The van der Waals surface area contributed by atoms with Crippen LogP contribution in [0.1, 0.15) is 30.0 Å². The first kappa shape index (κ1) is 24.3. The van der Waals surface area contributed by atoms with E-state index < -0.39 is 47.5 Å². The summed E-state index contributed by atoms with van der Waals surface area (Å²) in [7, 11) is 0. The maximum absolute atomic E-state index is 14.0. The highest BCUT2D eigenvalue weighted by Crippen LogP contribution is 2.37. The van der Waals surface area contributed by atoms with Gasteiger partial charge < -0.3 is 25.6 Å². The first-order valence-corrected chi connectivity index (χ1v) is 10.6. The lowest BCUT2D eigenvalue weighted by atomic mass is 9.88. The van der Waals surface area contributed by atoms with Crippen LogP contribution in [0.15, 0.2) is 46.2 Å². The number of aliphatic hydroxyl groups excluding tert-OH is 2.